The van der Waals surface area contributed by atoms with E-state index in [1.165, 1.54) is 128 Å². The van der Waals surface area contributed by atoms with Gasteiger partial charge in [0.2, 0.25) is 0 Å². The molecule has 234 valence electrons. The van der Waals surface area contributed by atoms with Gasteiger partial charge in [-0.25, -0.2) is 4.39 Å². The van der Waals surface area contributed by atoms with Crippen molar-refractivity contribution in [3.05, 3.63) is 35.9 Å². The Morgan fingerprint density at radius 3 is 1.48 bits per heavy atom. The van der Waals surface area contributed by atoms with Crippen LogP contribution < -0.4 is 0 Å². The predicted molar refractivity (Wildman–Crippen MR) is 173 cm³/mol. The highest BCUT2D eigenvalue weighted by atomic mass is 28.4. The molecule has 1 rings (SSSR count). The molecule has 1 atom stereocenters. The van der Waals surface area contributed by atoms with E-state index in [1.807, 2.05) is 0 Å². The minimum atomic E-state index is -2.88. The highest BCUT2D eigenvalue weighted by molar-refractivity contribution is 6.60. The Bertz CT molecular complexity index is 641. The zero-order valence-corrected chi connectivity index (χ0v) is 27.7. The topological polar surface area (TPSA) is 27.7 Å². The van der Waals surface area contributed by atoms with Crippen molar-refractivity contribution >= 4 is 8.80 Å². The first kappa shape index (κ1) is 37.3. The van der Waals surface area contributed by atoms with Crippen molar-refractivity contribution in [1.29, 1.82) is 0 Å². The molecule has 0 radical (unpaired) electrons. The van der Waals surface area contributed by atoms with Crippen molar-refractivity contribution in [3.8, 4) is 0 Å². The van der Waals surface area contributed by atoms with Gasteiger partial charge in [0.25, 0.3) is 0 Å². The van der Waals surface area contributed by atoms with E-state index >= 15 is 0 Å². The lowest BCUT2D eigenvalue weighted by Gasteiger charge is -2.28. The van der Waals surface area contributed by atoms with Gasteiger partial charge in [-0.3, -0.25) is 0 Å². The molecule has 0 aliphatic carbocycles. The summed E-state index contributed by atoms with van der Waals surface area (Å²) in [6.45, 7) is 2.25. The van der Waals surface area contributed by atoms with Crippen LogP contribution in [0.4, 0.5) is 4.39 Å². The first-order valence-electron chi connectivity index (χ1n) is 17.1. The highest BCUT2D eigenvalue weighted by Gasteiger charge is 2.41. The predicted octanol–water partition coefficient (Wildman–Crippen LogP) is 11.8. The summed E-state index contributed by atoms with van der Waals surface area (Å²) in [5, 5.41) is 0. The fraction of sp³-hybridized carbons (Fsp3) is 0.829. The van der Waals surface area contributed by atoms with Crippen molar-refractivity contribution in [2.75, 3.05) is 14.2 Å². The van der Waals surface area contributed by atoms with Gasteiger partial charge in [0.1, 0.15) is 0 Å². The van der Waals surface area contributed by atoms with E-state index in [9.17, 15) is 4.39 Å². The molecule has 0 aliphatic heterocycles. The van der Waals surface area contributed by atoms with Crippen LogP contribution in [0, 0.1) is 0 Å². The summed E-state index contributed by atoms with van der Waals surface area (Å²) in [4.78, 5) is 0. The van der Waals surface area contributed by atoms with Gasteiger partial charge in [-0.1, -0.05) is 159 Å². The van der Waals surface area contributed by atoms with E-state index in [1.54, 1.807) is 14.2 Å². The molecule has 1 unspecified atom stereocenters. The summed E-state index contributed by atoms with van der Waals surface area (Å²) in [6, 6.07) is 11.6. The Kier molecular flexibility index (Phi) is 25.3. The highest BCUT2D eigenvalue weighted by Crippen LogP contribution is 2.24. The normalized spacial score (nSPS) is 12.7. The van der Waals surface area contributed by atoms with Crippen molar-refractivity contribution in [3.63, 3.8) is 0 Å². The minimum absolute atomic E-state index is 0.450. The van der Waals surface area contributed by atoms with Crippen molar-refractivity contribution < 1.29 is 17.7 Å². The number of hydrogen-bond acceptors (Lipinski definition) is 3. The number of rotatable bonds is 30. The molecule has 0 amide bonds. The van der Waals surface area contributed by atoms with E-state index in [2.05, 4.69) is 37.3 Å². The quantitative estimate of drug-likeness (QED) is 0.0669. The van der Waals surface area contributed by atoms with Gasteiger partial charge in [-0.2, -0.15) is 0 Å². The zero-order chi connectivity index (χ0) is 29.0. The zero-order valence-electron chi connectivity index (χ0n) is 26.7. The molecular formula is C35H65FO3Si. The summed E-state index contributed by atoms with van der Waals surface area (Å²) >= 11 is 0. The summed E-state index contributed by atoms with van der Waals surface area (Å²) in [5.74, 6) is 0. The maximum Gasteiger partial charge on any atom is 0.502 e. The standard InChI is InChI=1S/C35H65FO3Si/c1-4-5-6-7-8-19-22-28-33-40(37-2,38-3)39-35(36)32-27-21-18-16-14-12-10-9-11-13-15-17-20-24-29-34-30-25-23-26-31-34/h23,25-26,30-31,35H,4-22,24,27-29,32-33H2,1-3H3. The fourth-order valence-corrected chi connectivity index (χ4v) is 7.65. The number of benzene rings is 1. The molecular weight excluding hydrogens is 515 g/mol. The molecule has 3 nitrogen and oxygen atoms in total. The summed E-state index contributed by atoms with van der Waals surface area (Å²) in [6.07, 6.45) is 28.5. The van der Waals surface area contributed by atoms with Gasteiger partial charge in [-0.15, -0.1) is 0 Å². The van der Waals surface area contributed by atoms with E-state index in [4.69, 9.17) is 13.3 Å². The largest absolute Gasteiger partial charge is 0.502 e. The molecule has 40 heavy (non-hydrogen) atoms. The van der Waals surface area contributed by atoms with E-state index in [-0.39, 0.29) is 0 Å². The second-order valence-corrected chi connectivity index (χ2v) is 14.7. The van der Waals surface area contributed by atoms with Crippen LogP contribution in [-0.2, 0) is 19.7 Å². The van der Waals surface area contributed by atoms with Crippen LogP contribution in [0.3, 0.4) is 0 Å². The third kappa shape index (κ3) is 21.0. The molecule has 0 spiro atoms. The Hall–Kier alpha value is -0.753. The molecule has 1 aromatic rings. The van der Waals surface area contributed by atoms with Gasteiger partial charge >= 0.3 is 8.80 Å². The molecule has 1 aromatic carbocycles. The second-order valence-electron chi connectivity index (χ2n) is 11.8. The van der Waals surface area contributed by atoms with Gasteiger partial charge in [0.15, 0.2) is 6.36 Å². The lowest BCUT2D eigenvalue weighted by Crippen LogP contribution is -2.45. The van der Waals surface area contributed by atoms with Gasteiger partial charge in [-0.05, 0) is 31.2 Å². The molecule has 0 heterocycles. The molecule has 5 heteroatoms. The Morgan fingerprint density at radius 1 is 0.575 bits per heavy atom. The fourth-order valence-electron chi connectivity index (χ4n) is 5.57. The molecule has 0 bridgehead atoms. The van der Waals surface area contributed by atoms with Crippen LogP contribution in [0.15, 0.2) is 30.3 Å². The van der Waals surface area contributed by atoms with Crippen molar-refractivity contribution in [2.24, 2.45) is 0 Å². The van der Waals surface area contributed by atoms with Gasteiger partial charge in [0.05, 0.1) is 0 Å². The third-order valence-electron chi connectivity index (χ3n) is 8.26. The minimum Gasteiger partial charge on any atom is -0.377 e. The molecule has 0 fully saturated rings. The first-order chi connectivity index (χ1) is 19.7. The van der Waals surface area contributed by atoms with Gasteiger partial charge < -0.3 is 13.3 Å². The Morgan fingerprint density at radius 2 is 1.00 bits per heavy atom. The van der Waals surface area contributed by atoms with Crippen LogP contribution in [0.2, 0.25) is 6.04 Å². The summed E-state index contributed by atoms with van der Waals surface area (Å²) < 4.78 is 31.6. The monoisotopic (exact) mass is 580 g/mol. The van der Waals surface area contributed by atoms with Crippen LogP contribution >= 0.6 is 0 Å². The summed E-state index contributed by atoms with van der Waals surface area (Å²) in [7, 11) is 0.341. The Balaban J connectivity index is 1.90. The SMILES string of the molecule is CCCCCCCCCC[Si](OC)(OC)OC(F)CCCCCCCCCCCCCCCCc1ccccc1. The number of hydrogen-bond donors (Lipinski definition) is 0. The van der Waals surface area contributed by atoms with Crippen LogP contribution in [-0.4, -0.2) is 29.4 Å². The molecule has 0 aliphatic rings. The third-order valence-corrected chi connectivity index (χ3v) is 11.1. The molecule has 0 saturated carbocycles. The molecule has 0 N–H and O–H groups in total. The lowest BCUT2D eigenvalue weighted by molar-refractivity contribution is -0.0195. The molecule has 0 aromatic heterocycles. The number of halogens is 1. The van der Waals surface area contributed by atoms with Gasteiger partial charge in [0, 0.05) is 26.7 Å². The maximum absolute atomic E-state index is 14.6. The smallest absolute Gasteiger partial charge is 0.377 e. The second kappa shape index (κ2) is 27.1. The van der Waals surface area contributed by atoms with Crippen molar-refractivity contribution in [1.82, 2.24) is 0 Å². The Labute approximate surface area is 249 Å². The van der Waals surface area contributed by atoms with E-state index in [0.29, 0.717) is 12.5 Å². The lowest BCUT2D eigenvalue weighted by atomic mass is 10.0. The average molecular weight is 581 g/mol. The van der Waals surface area contributed by atoms with E-state index < -0.39 is 15.2 Å². The maximum atomic E-state index is 14.6. The summed E-state index contributed by atoms with van der Waals surface area (Å²) in [5.41, 5.74) is 1.48. The van der Waals surface area contributed by atoms with Crippen molar-refractivity contribution in [2.45, 2.75) is 173 Å². The number of aryl methyl sites for hydroxylation is 1. The first-order valence-corrected chi connectivity index (χ1v) is 19.0. The molecule has 0 saturated heterocycles. The van der Waals surface area contributed by atoms with Crippen LogP contribution in [0.5, 0.6) is 0 Å². The van der Waals surface area contributed by atoms with Crippen LogP contribution in [0.1, 0.15) is 160 Å². The number of unbranched alkanes of at least 4 members (excludes halogenated alkanes) is 20. The number of alkyl halides is 1. The van der Waals surface area contributed by atoms with Crippen LogP contribution in [0.25, 0.3) is 0 Å². The average Bonchev–Trinajstić information content (AvgIpc) is 2.98. The van der Waals surface area contributed by atoms with E-state index in [0.717, 1.165) is 25.7 Å².